The summed E-state index contributed by atoms with van der Waals surface area (Å²) >= 11 is 3.04. The number of ether oxygens (including phenoxy) is 10. The molecule has 0 radical (unpaired) electrons. The molecule has 0 saturated heterocycles. The Hall–Kier alpha value is -11.1. The second-order valence-corrected chi connectivity index (χ2v) is 32.6. The first-order chi connectivity index (χ1) is 58.6. The Balaban J connectivity index is 0.706. The molecule has 0 aliphatic heterocycles. The molecular formula is C94H110N6O18S2. The minimum Gasteiger partial charge on any atom is -0.494 e. The number of rotatable bonds is 46. The van der Waals surface area contributed by atoms with Crippen LogP contribution < -0.4 is 47.9 Å². The number of hydrogen-bond donors (Lipinski definition) is 0. The first kappa shape index (κ1) is 89.7. The van der Waals surface area contributed by atoms with Crippen LogP contribution in [0.5, 0.6) is 46.0 Å². The summed E-state index contributed by atoms with van der Waals surface area (Å²) in [6.07, 6.45) is 24.9. The summed E-state index contributed by atoms with van der Waals surface area (Å²) in [4.78, 5) is 116. The van der Waals surface area contributed by atoms with Gasteiger partial charge in [-0.15, -0.1) is 0 Å². The van der Waals surface area contributed by atoms with E-state index in [4.69, 9.17) is 67.5 Å². The van der Waals surface area contributed by atoms with Gasteiger partial charge in [0.15, 0.2) is 0 Å². The molecule has 2 aromatic heterocycles. The van der Waals surface area contributed by atoms with Crippen LogP contribution in [-0.4, -0.2) is 110 Å². The van der Waals surface area contributed by atoms with Gasteiger partial charge in [0.1, 0.15) is 46.0 Å². The lowest BCUT2D eigenvalue weighted by Gasteiger charge is -2.26. The number of hydrogen-bond acceptors (Lipinski definition) is 26. The molecule has 636 valence electrons. The Labute approximate surface area is 710 Å². The van der Waals surface area contributed by atoms with E-state index < -0.39 is 71.3 Å². The van der Waals surface area contributed by atoms with E-state index in [0.717, 1.165) is 135 Å². The summed E-state index contributed by atoms with van der Waals surface area (Å²) in [6, 6.07) is 39.3. The van der Waals surface area contributed by atoms with Gasteiger partial charge in [-0.1, -0.05) is 112 Å². The maximum absolute atomic E-state index is 14.3. The summed E-state index contributed by atoms with van der Waals surface area (Å²) in [7, 11) is 0. The Morgan fingerprint density at radius 3 is 1.00 bits per heavy atom. The number of esters is 8. The molecule has 0 N–H and O–H groups in total. The summed E-state index contributed by atoms with van der Waals surface area (Å²) in [5.41, 5.74) is 2.46. The Bertz CT molecular complexity index is 4400. The number of aromatic nitrogens is 2. The van der Waals surface area contributed by atoms with Crippen molar-refractivity contribution in [1.29, 1.82) is 0 Å². The molecule has 0 spiro atoms. The van der Waals surface area contributed by atoms with E-state index in [0.29, 0.717) is 161 Å². The monoisotopic (exact) mass is 1670 g/mol. The van der Waals surface area contributed by atoms with Crippen molar-refractivity contribution in [3.63, 3.8) is 0 Å². The second-order valence-electron chi connectivity index (χ2n) is 30.6. The van der Waals surface area contributed by atoms with E-state index >= 15 is 0 Å². The van der Waals surface area contributed by atoms with Crippen molar-refractivity contribution in [3.05, 3.63) is 170 Å². The normalized spacial score (nSPS) is 17.2. The lowest BCUT2D eigenvalue weighted by atomic mass is 9.82. The number of hydrazone groups is 2. The highest BCUT2D eigenvalue weighted by molar-refractivity contribution is 7.22. The number of para-hydroxylation sites is 2. The van der Waals surface area contributed by atoms with Crippen LogP contribution in [0.15, 0.2) is 169 Å². The molecular weight excluding hydrogens is 1570 g/mol. The van der Waals surface area contributed by atoms with E-state index in [2.05, 4.69) is 27.0 Å². The van der Waals surface area contributed by atoms with Crippen LogP contribution in [-0.2, 0) is 47.8 Å². The average Bonchev–Trinajstić information content (AvgIpc) is 1.77. The number of nitrogens with zero attached hydrogens (tertiary/aromatic N) is 6. The minimum absolute atomic E-state index is 0.208. The van der Waals surface area contributed by atoms with Crippen LogP contribution in [0.25, 0.3) is 20.4 Å². The fourth-order valence-electron chi connectivity index (χ4n) is 14.6. The maximum atomic E-state index is 14.3. The van der Waals surface area contributed by atoms with E-state index in [-0.39, 0.29) is 34.9 Å². The molecule has 3 aliphatic rings. The van der Waals surface area contributed by atoms with Gasteiger partial charge >= 0.3 is 47.8 Å². The zero-order valence-corrected chi connectivity index (χ0v) is 70.4. The third-order valence-corrected chi connectivity index (χ3v) is 23.7. The molecule has 24 nitrogen and oxygen atoms in total. The number of fused-ring (bicyclic) bond motifs is 2. The largest absolute Gasteiger partial charge is 0.494 e. The van der Waals surface area contributed by atoms with Crippen LogP contribution in [0.4, 0.5) is 10.3 Å². The highest BCUT2D eigenvalue weighted by Crippen LogP contribution is 2.39. The van der Waals surface area contributed by atoms with Crippen LogP contribution in [0.1, 0.15) is 205 Å². The van der Waals surface area contributed by atoms with Gasteiger partial charge in [0, 0.05) is 36.4 Å². The molecule has 2 heterocycles. The van der Waals surface area contributed by atoms with Crippen LogP contribution in [0.3, 0.4) is 0 Å². The fourth-order valence-corrected chi connectivity index (χ4v) is 16.5. The van der Waals surface area contributed by atoms with Gasteiger partial charge in [-0.05, 0) is 250 Å². The molecule has 0 unspecified atom stereocenters. The lowest BCUT2D eigenvalue weighted by Crippen LogP contribution is -2.31. The topological polar surface area (TPSA) is 286 Å². The zero-order valence-electron chi connectivity index (χ0n) is 68.8. The Morgan fingerprint density at radius 2 is 0.667 bits per heavy atom. The third-order valence-electron chi connectivity index (χ3n) is 21.6. The van der Waals surface area contributed by atoms with E-state index in [9.17, 15) is 38.4 Å². The standard InChI is InChI=1S/C94H110N6O18S2/c1-5-9-11-21-55-99(93-97-79-27-17-19-29-83(79)119-93)95-63-71-61-77(51-53-81(71)117-91(107)69-39-35-65(36-40-69)87(103)113-75-47-43-73(44-48-75)109-57-23-13-15-25-59-111-85(101)7-3)115-89(105)67-31-33-68(34-32-67)90(106)116-78-52-54-82(72(62-78)64-96-100(56-22-12-10-6-2)94-98-80-28-18-20-30-84(80)120-94)118-92(108)70-41-37-66(38-42-70)88(104)114-76-49-45-74(46-50-76)110-58-24-14-16-26-60-112-86(102)8-4/h7-8,17-20,27-30,43-54,61-70H,3-6,9-16,21-26,31-42,55-60H2,1-2H3/b95-63+,96-64+. The first-order valence-electron chi connectivity index (χ1n) is 42.6. The molecule has 26 heteroatoms. The van der Waals surface area contributed by atoms with Gasteiger partial charge in [0.05, 0.1) is 94.8 Å². The van der Waals surface area contributed by atoms with Crippen molar-refractivity contribution in [3.8, 4) is 46.0 Å². The van der Waals surface area contributed by atoms with E-state index in [1.54, 1.807) is 97.4 Å². The van der Waals surface area contributed by atoms with Crippen molar-refractivity contribution in [2.45, 2.75) is 194 Å². The number of anilines is 2. The third kappa shape index (κ3) is 28.0. The smallest absolute Gasteiger partial charge is 0.330 e. The maximum Gasteiger partial charge on any atom is 0.330 e. The molecule has 6 aromatic carbocycles. The van der Waals surface area contributed by atoms with E-state index in [1.165, 1.54) is 22.7 Å². The van der Waals surface area contributed by atoms with Crippen molar-refractivity contribution in [2.24, 2.45) is 45.7 Å². The van der Waals surface area contributed by atoms with Crippen molar-refractivity contribution in [2.75, 3.05) is 49.5 Å². The summed E-state index contributed by atoms with van der Waals surface area (Å²) in [6.45, 7) is 14.0. The molecule has 0 atom stereocenters. The van der Waals surface area contributed by atoms with Gasteiger partial charge in [0.25, 0.3) is 0 Å². The minimum atomic E-state index is -0.551. The quantitative estimate of drug-likeness (QED) is 0.00855. The van der Waals surface area contributed by atoms with Crippen molar-refractivity contribution in [1.82, 2.24) is 9.97 Å². The Kier molecular flexibility index (Phi) is 35.6. The highest BCUT2D eigenvalue weighted by atomic mass is 32.1. The molecule has 120 heavy (non-hydrogen) atoms. The number of thiazole rings is 2. The molecule has 3 fully saturated rings. The van der Waals surface area contributed by atoms with Crippen LogP contribution >= 0.6 is 22.7 Å². The zero-order chi connectivity index (χ0) is 84.2. The fraction of sp³-hybridized carbons (Fsp3) is 0.447. The summed E-state index contributed by atoms with van der Waals surface area (Å²) in [5, 5.41) is 15.1. The van der Waals surface area contributed by atoms with Gasteiger partial charge in [-0.25, -0.2) is 29.6 Å². The van der Waals surface area contributed by atoms with Crippen molar-refractivity contribution < 1.29 is 85.7 Å². The SMILES string of the molecule is C=CC(=O)OCCCCCCOc1ccc(OC(=O)C2CCC(C(=O)Oc3ccc(OC(=O)C4CCC(C(=O)Oc5ccc(OC(=O)C6CCC(C(=O)Oc7ccc(OCCCCCCOC(=O)C=C)cc7)CC6)c(/C=N/N(CCCCCC)c6nc7ccccc7s6)c5)CC4)cc3/C=N/N(CCCCCC)c3nc4ccccc4s3)CC2)cc1. The number of carbonyl (C=O) groups is 8. The second kappa shape index (κ2) is 47.6. The van der Waals surface area contributed by atoms with E-state index in [1.807, 2.05) is 58.5 Å². The van der Waals surface area contributed by atoms with Crippen LogP contribution in [0, 0.1) is 35.5 Å². The highest BCUT2D eigenvalue weighted by Gasteiger charge is 2.36. The molecule has 11 rings (SSSR count). The number of unbranched alkanes of at least 4 members (excludes halogenated alkanes) is 12. The number of carbonyl (C=O) groups excluding carboxylic acids is 8. The van der Waals surface area contributed by atoms with Crippen molar-refractivity contribution >= 4 is 114 Å². The molecule has 0 amide bonds. The average molecular weight is 1680 g/mol. The molecule has 0 bridgehead atoms. The predicted octanol–water partition coefficient (Wildman–Crippen LogP) is 20.0. The molecule has 3 saturated carbocycles. The van der Waals surface area contributed by atoms with Crippen LogP contribution in [0.2, 0.25) is 0 Å². The van der Waals surface area contributed by atoms with Gasteiger partial charge < -0.3 is 47.4 Å². The van der Waals surface area contributed by atoms with Gasteiger partial charge in [0.2, 0.25) is 10.3 Å². The molecule has 3 aliphatic carbocycles. The van der Waals surface area contributed by atoms with Gasteiger partial charge in [-0.3, -0.25) is 28.8 Å². The lowest BCUT2D eigenvalue weighted by molar-refractivity contribution is -0.145. The summed E-state index contributed by atoms with van der Waals surface area (Å²) < 4.78 is 60.2. The predicted molar refractivity (Wildman–Crippen MR) is 464 cm³/mol. The Morgan fingerprint density at radius 1 is 0.367 bits per heavy atom. The summed E-state index contributed by atoms with van der Waals surface area (Å²) in [5.74, 6) is -3.49. The van der Waals surface area contributed by atoms with Gasteiger partial charge in [-0.2, -0.15) is 10.2 Å². The number of benzene rings is 6. The molecule has 8 aromatic rings. The first-order valence-corrected chi connectivity index (χ1v) is 44.2.